The molecule has 2 nitrogen and oxygen atoms in total. The lowest BCUT2D eigenvalue weighted by atomic mass is 9.98. The highest BCUT2D eigenvalue weighted by molar-refractivity contribution is 5.30. The lowest BCUT2D eigenvalue weighted by molar-refractivity contribution is 0.201. The first-order valence-electron chi connectivity index (χ1n) is 8.18. The van der Waals surface area contributed by atoms with E-state index in [0.717, 1.165) is 12.5 Å². The Labute approximate surface area is 124 Å². The van der Waals surface area contributed by atoms with E-state index in [0.29, 0.717) is 0 Å². The molecule has 1 aromatic carbocycles. The van der Waals surface area contributed by atoms with Crippen molar-refractivity contribution in [3.8, 4) is 0 Å². The molecule has 1 heterocycles. The zero-order valence-electron chi connectivity index (χ0n) is 13.4. The first-order chi connectivity index (χ1) is 9.69. The molecule has 1 unspecified atom stereocenters. The minimum atomic E-state index is 0.834. The molecule has 20 heavy (non-hydrogen) atoms. The van der Waals surface area contributed by atoms with E-state index in [1.807, 2.05) is 0 Å². The van der Waals surface area contributed by atoms with Crippen molar-refractivity contribution in [1.29, 1.82) is 0 Å². The summed E-state index contributed by atoms with van der Waals surface area (Å²) in [7, 11) is 0. The third-order valence-electron chi connectivity index (χ3n) is 4.35. The molecule has 0 radical (unpaired) electrons. The van der Waals surface area contributed by atoms with Gasteiger partial charge < -0.3 is 5.32 Å². The predicted octanol–water partition coefficient (Wildman–Crippen LogP) is 3.52. The van der Waals surface area contributed by atoms with Gasteiger partial charge in [-0.25, -0.2) is 0 Å². The summed E-state index contributed by atoms with van der Waals surface area (Å²) in [6, 6.07) is 6.84. The number of nitrogens with one attached hydrogen (secondary N) is 1. The van der Waals surface area contributed by atoms with E-state index in [1.165, 1.54) is 62.1 Å². The Morgan fingerprint density at radius 2 is 2.15 bits per heavy atom. The molecule has 0 saturated carbocycles. The number of piperidine rings is 1. The molecule has 1 atom stereocenters. The molecule has 1 fully saturated rings. The molecule has 0 amide bonds. The van der Waals surface area contributed by atoms with Gasteiger partial charge in [-0.05, 0) is 69.8 Å². The third-order valence-corrected chi connectivity index (χ3v) is 4.35. The molecule has 1 aliphatic heterocycles. The number of hydrogen-bond donors (Lipinski definition) is 1. The smallest absolute Gasteiger partial charge is 0.0236 e. The van der Waals surface area contributed by atoms with Crippen LogP contribution in [-0.2, 0) is 6.54 Å². The van der Waals surface area contributed by atoms with Gasteiger partial charge in [0.15, 0.2) is 0 Å². The average molecular weight is 274 g/mol. The van der Waals surface area contributed by atoms with Crippen LogP contribution in [0.5, 0.6) is 0 Å². The summed E-state index contributed by atoms with van der Waals surface area (Å²) in [5.74, 6) is 0.834. The number of rotatable bonds is 6. The SMILES string of the molecule is CCCN(Cc1cc(C)ccc1C)CC1CCCNC1. The topological polar surface area (TPSA) is 15.3 Å². The van der Waals surface area contributed by atoms with Crippen molar-refractivity contribution in [2.75, 3.05) is 26.2 Å². The first-order valence-corrected chi connectivity index (χ1v) is 8.18. The highest BCUT2D eigenvalue weighted by Crippen LogP contribution is 2.17. The molecule has 1 N–H and O–H groups in total. The molecule has 2 heteroatoms. The van der Waals surface area contributed by atoms with E-state index in [2.05, 4.69) is 49.2 Å². The number of hydrogen-bond acceptors (Lipinski definition) is 2. The minimum Gasteiger partial charge on any atom is -0.316 e. The minimum absolute atomic E-state index is 0.834. The number of aryl methyl sites for hydroxylation is 2. The fourth-order valence-corrected chi connectivity index (χ4v) is 3.21. The lowest BCUT2D eigenvalue weighted by Crippen LogP contribution is -2.38. The van der Waals surface area contributed by atoms with E-state index in [4.69, 9.17) is 0 Å². The van der Waals surface area contributed by atoms with E-state index >= 15 is 0 Å². The van der Waals surface area contributed by atoms with Crippen LogP contribution in [0.4, 0.5) is 0 Å². The van der Waals surface area contributed by atoms with E-state index in [1.54, 1.807) is 0 Å². The second-order valence-corrected chi connectivity index (χ2v) is 6.38. The Hall–Kier alpha value is -0.860. The molecule has 112 valence electrons. The second-order valence-electron chi connectivity index (χ2n) is 6.38. The van der Waals surface area contributed by atoms with Gasteiger partial charge in [0.05, 0.1) is 0 Å². The summed E-state index contributed by atoms with van der Waals surface area (Å²) in [4.78, 5) is 2.65. The maximum absolute atomic E-state index is 3.54. The summed E-state index contributed by atoms with van der Waals surface area (Å²) < 4.78 is 0. The first kappa shape index (κ1) is 15.5. The van der Waals surface area contributed by atoms with Crippen molar-refractivity contribution in [2.24, 2.45) is 5.92 Å². The standard InChI is InChI=1S/C18H30N2/c1-4-10-20(13-17-6-5-9-19-12-17)14-18-11-15(2)7-8-16(18)3/h7-8,11,17,19H,4-6,9-10,12-14H2,1-3H3. The normalized spacial score (nSPS) is 19.5. The van der Waals surface area contributed by atoms with Gasteiger partial charge in [-0.2, -0.15) is 0 Å². The fraction of sp³-hybridized carbons (Fsp3) is 0.667. The molecule has 1 aromatic rings. The van der Waals surface area contributed by atoms with Crippen LogP contribution in [0, 0.1) is 19.8 Å². The Bertz CT molecular complexity index is 408. The average Bonchev–Trinajstić information content (AvgIpc) is 2.44. The Morgan fingerprint density at radius 3 is 2.85 bits per heavy atom. The van der Waals surface area contributed by atoms with Gasteiger partial charge in [-0.3, -0.25) is 4.90 Å². The van der Waals surface area contributed by atoms with Gasteiger partial charge in [-0.1, -0.05) is 30.7 Å². The highest BCUT2D eigenvalue weighted by atomic mass is 15.1. The zero-order valence-corrected chi connectivity index (χ0v) is 13.4. The van der Waals surface area contributed by atoms with Crippen molar-refractivity contribution < 1.29 is 0 Å². The van der Waals surface area contributed by atoms with E-state index in [-0.39, 0.29) is 0 Å². The molecule has 0 aliphatic carbocycles. The van der Waals surface area contributed by atoms with Crippen molar-refractivity contribution in [3.63, 3.8) is 0 Å². The lowest BCUT2D eigenvalue weighted by Gasteiger charge is -2.30. The van der Waals surface area contributed by atoms with Crippen LogP contribution in [0.1, 0.15) is 42.9 Å². The van der Waals surface area contributed by atoms with Crippen LogP contribution < -0.4 is 5.32 Å². The van der Waals surface area contributed by atoms with Gasteiger partial charge in [0.1, 0.15) is 0 Å². The second kappa shape index (κ2) is 7.80. The van der Waals surface area contributed by atoms with Crippen LogP contribution >= 0.6 is 0 Å². The number of nitrogens with zero attached hydrogens (tertiary/aromatic N) is 1. The van der Waals surface area contributed by atoms with Crippen LogP contribution in [-0.4, -0.2) is 31.1 Å². The summed E-state index contributed by atoms with van der Waals surface area (Å²) in [6.07, 6.45) is 3.97. The molecule has 1 aliphatic rings. The quantitative estimate of drug-likeness (QED) is 0.854. The number of benzene rings is 1. The summed E-state index contributed by atoms with van der Waals surface area (Å²) in [6.45, 7) is 12.7. The monoisotopic (exact) mass is 274 g/mol. The van der Waals surface area contributed by atoms with Crippen molar-refractivity contribution in [2.45, 2.75) is 46.6 Å². The molecule has 0 spiro atoms. The van der Waals surface area contributed by atoms with Gasteiger partial charge in [-0.15, -0.1) is 0 Å². The summed E-state index contributed by atoms with van der Waals surface area (Å²) in [5, 5.41) is 3.54. The van der Waals surface area contributed by atoms with Gasteiger partial charge in [0.25, 0.3) is 0 Å². The largest absolute Gasteiger partial charge is 0.316 e. The third kappa shape index (κ3) is 4.60. The molecule has 1 saturated heterocycles. The van der Waals surface area contributed by atoms with E-state index < -0.39 is 0 Å². The maximum atomic E-state index is 3.54. The van der Waals surface area contributed by atoms with Crippen LogP contribution in [0.2, 0.25) is 0 Å². The molecular formula is C18H30N2. The van der Waals surface area contributed by atoms with Gasteiger partial charge in [0.2, 0.25) is 0 Å². The molecular weight excluding hydrogens is 244 g/mol. The fourth-order valence-electron chi connectivity index (χ4n) is 3.21. The Kier molecular flexibility index (Phi) is 6.06. The van der Waals surface area contributed by atoms with Crippen molar-refractivity contribution >= 4 is 0 Å². The molecule has 2 rings (SSSR count). The van der Waals surface area contributed by atoms with Crippen molar-refractivity contribution in [3.05, 3.63) is 34.9 Å². The Morgan fingerprint density at radius 1 is 1.30 bits per heavy atom. The molecule has 0 aromatic heterocycles. The maximum Gasteiger partial charge on any atom is 0.0236 e. The zero-order chi connectivity index (χ0) is 14.4. The highest BCUT2D eigenvalue weighted by Gasteiger charge is 2.17. The van der Waals surface area contributed by atoms with Crippen LogP contribution in [0.15, 0.2) is 18.2 Å². The predicted molar refractivity (Wildman–Crippen MR) is 87.1 cm³/mol. The van der Waals surface area contributed by atoms with Gasteiger partial charge >= 0.3 is 0 Å². The Balaban J connectivity index is 1.98. The van der Waals surface area contributed by atoms with Crippen molar-refractivity contribution in [1.82, 2.24) is 10.2 Å². The molecule has 0 bridgehead atoms. The van der Waals surface area contributed by atoms with E-state index in [9.17, 15) is 0 Å². The summed E-state index contributed by atoms with van der Waals surface area (Å²) in [5.41, 5.74) is 4.31. The van der Waals surface area contributed by atoms with Crippen LogP contribution in [0.25, 0.3) is 0 Å². The summed E-state index contributed by atoms with van der Waals surface area (Å²) >= 11 is 0. The van der Waals surface area contributed by atoms with Crippen LogP contribution in [0.3, 0.4) is 0 Å². The van der Waals surface area contributed by atoms with Gasteiger partial charge in [0, 0.05) is 13.1 Å².